The Morgan fingerprint density at radius 3 is 2.20 bits per heavy atom. The van der Waals surface area contributed by atoms with Gasteiger partial charge in [-0.05, 0) is 58.4 Å². The lowest BCUT2D eigenvalue weighted by atomic mass is 9.79. The van der Waals surface area contributed by atoms with E-state index < -0.39 is 0 Å². The molecule has 0 aromatic heterocycles. The van der Waals surface area contributed by atoms with Crippen molar-refractivity contribution in [1.29, 1.82) is 0 Å². The lowest BCUT2D eigenvalue weighted by Crippen LogP contribution is -2.54. The fraction of sp³-hybridized carbons (Fsp3) is 0.391. The molecule has 3 rings (SSSR count). The molecule has 0 spiro atoms. The molecule has 1 nitrogen and oxygen atoms in total. The Kier molecular flexibility index (Phi) is 4.59. The first kappa shape index (κ1) is 17.9. The Bertz CT molecular complexity index is 761. The van der Waals surface area contributed by atoms with E-state index in [4.69, 9.17) is 0 Å². The van der Waals surface area contributed by atoms with Gasteiger partial charge >= 0.3 is 0 Å². The first-order chi connectivity index (χ1) is 11.7. The summed E-state index contributed by atoms with van der Waals surface area (Å²) in [6, 6.07) is 5.70. The topological polar surface area (TPSA) is 3.24 Å². The van der Waals surface area contributed by atoms with E-state index in [-0.39, 0.29) is 22.8 Å². The molecule has 132 valence electrons. The highest BCUT2D eigenvalue weighted by atomic mass is 19.1. The number of likely N-dealkylation sites (N-methyl/N-ethyl adjacent to an activating group) is 1. The van der Waals surface area contributed by atoms with Crippen molar-refractivity contribution < 1.29 is 4.39 Å². The highest BCUT2D eigenvalue weighted by Gasteiger charge is 2.39. The maximum atomic E-state index is 15.0. The van der Waals surface area contributed by atoms with Crippen LogP contribution in [0.25, 0.3) is 5.57 Å². The summed E-state index contributed by atoms with van der Waals surface area (Å²) in [6.07, 6.45) is 15.3. The third kappa shape index (κ3) is 3.55. The summed E-state index contributed by atoms with van der Waals surface area (Å²) < 4.78 is 15.0. The number of nitrogens with zero attached hydrogens (tertiary/aromatic N) is 1. The van der Waals surface area contributed by atoms with Crippen molar-refractivity contribution in [2.45, 2.75) is 51.1 Å². The van der Waals surface area contributed by atoms with Crippen molar-refractivity contribution in [1.82, 2.24) is 4.90 Å². The molecule has 0 amide bonds. The van der Waals surface area contributed by atoms with E-state index in [2.05, 4.69) is 63.9 Å². The second-order valence-electron chi connectivity index (χ2n) is 8.29. The van der Waals surface area contributed by atoms with Crippen LogP contribution in [-0.4, -0.2) is 23.0 Å². The van der Waals surface area contributed by atoms with Gasteiger partial charge in [0, 0.05) is 22.6 Å². The summed E-state index contributed by atoms with van der Waals surface area (Å²) >= 11 is 0. The largest absolute Gasteiger partial charge is 0.292 e. The molecule has 2 heteroatoms. The number of hydrogen-bond donors (Lipinski definition) is 0. The van der Waals surface area contributed by atoms with Crippen LogP contribution in [0.3, 0.4) is 0 Å². The maximum absolute atomic E-state index is 15.0. The molecule has 25 heavy (non-hydrogen) atoms. The predicted octanol–water partition coefficient (Wildman–Crippen LogP) is 5.87. The molecule has 1 aromatic carbocycles. The van der Waals surface area contributed by atoms with Crippen LogP contribution in [0.2, 0.25) is 0 Å². The minimum Gasteiger partial charge on any atom is -0.292 e. The van der Waals surface area contributed by atoms with Crippen molar-refractivity contribution in [3.63, 3.8) is 0 Å². The van der Waals surface area contributed by atoms with Gasteiger partial charge in [0.05, 0.1) is 0 Å². The molecule has 0 atom stereocenters. The molecule has 0 N–H and O–H groups in total. The molecule has 0 bridgehead atoms. The van der Waals surface area contributed by atoms with E-state index in [1.54, 1.807) is 6.07 Å². The van der Waals surface area contributed by atoms with E-state index in [9.17, 15) is 4.39 Å². The Labute approximate surface area is 151 Å². The third-order valence-corrected chi connectivity index (χ3v) is 5.62. The third-order valence-electron chi connectivity index (χ3n) is 5.62. The molecule has 0 saturated carbocycles. The number of halogens is 1. The van der Waals surface area contributed by atoms with E-state index in [0.29, 0.717) is 0 Å². The van der Waals surface area contributed by atoms with Gasteiger partial charge in [0.15, 0.2) is 0 Å². The molecule has 1 aromatic rings. The summed E-state index contributed by atoms with van der Waals surface area (Å²) in [5.41, 5.74) is 2.73. The second-order valence-corrected chi connectivity index (χ2v) is 8.29. The normalized spacial score (nSPS) is 22.7. The monoisotopic (exact) mass is 337 g/mol. The highest BCUT2D eigenvalue weighted by molar-refractivity contribution is 5.69. The predicted molar refractivity (Wildman–Crippen MR) is 105 cm³/mol. The first-order valence-corrected chi connectivity index (χ1v) is 8.98. The van der Waals surface area contributed by atoms with Gasteiger partial charge in [0.2, 0.25) is 0 Å². The summed E-state index contributed by atoms with van der Waals surface area (Å²) in [5, 5.41) is 0. The summed E-state index contributed by atoms with van der Waals surface area (Å²) in [4.78, 5) is 2.36. The van der Waals surface area contributed by atoms with Crippen LogP contribution in [0.1, 0.15) is 51.2 Å². The second kappa shape index (κ2) is 6.42. The van der Waals surface area contributed by atoms with Gasteiger partial charge in [-0.25, -0.2) is 4.39 Å². The molecule has 1 aliphatic heterocycles. The van der Waals surface area contributed by atoms with Crippen LogP contribution in [-0.2, 0) is 0 Å². The molecular formula is C23H28FN. The minimum absolute atomic E-state index is 0.00285. The van der Waals surface area contributed by atoms with E-state index in [1.807, 2.05) is 30.4 Å². The van der Waals surface area contributed by atoms with Crippen molar-refractivity contribution in [2.24, 2.45) is 0 Å². The Hall–Kier alpha value is -1.93. The maximum Gasteiger partial charge on any atom is 0.130 e. The van der Waals surface area contributed by atoms with E-state index in [1.165, 1.54) is 0 Å². The Morgan fingerprint density at radius 1 is 1.00 bits per heavy atom. The zero-order chi connectivity index (χ0) is 18.2. The Balaban J connectivity index is 1.96. The van der Waals surface area contributed by atoms with Gasteiger partial charge in [-0.3, -0.25) is 4.90 Å². The number of benzene rings is 1. The minimum atomic E-state index is -0.126. The van der Waals surface area contributed by atoms with Crippen LogP contribution >= 0.6 is 0 Å². The average molecular weight is 337 g/mol. The molecule has 0 saturated heterocycles. The molecule has 1 heterocycles. The van der Waals surface area contributed by atoms with Crippen LogP contribution < -0.4 is 0 Å². The van der Waals surface area contributed by atoms with Crippen LogP contribution in [0.4, 0.5) is 4.39 Å². The van der Waals surface area contributed by atoms with E-state index >= 15 is 0 Å². The van der Waals surface area contributed by atoms with Crippen molar-refractivity contribution in [3.05, 3.63) is 77.7 Å². The highest BCUT2D eigenvalue weighted by Crippen LogP contribution is 2.40. The molecule has 0 fully saturated rings. The van der Waals surface area contributed by atoms with Gasteiger partial charge in [-0.2, -0.15) is 0 Å². The zero-order valence-electron chi connectivity index (χ0n) is 15.9. The lowest BCUT2D eigenvalue weighted by molar-refractivity contribution is 0.0696. The number of allylic oxidation sites excluding steroid dienone is 6. The summed E-state index contributed by atoms with van der Waals surface area (Å²) in [7, 11) is 2.14. The van der Waals surface area contributed by atoms with Gasteiger partial charge in [0.1, 0.15) is 5.82 Å². The zero-order valence-corrected chi connectivity index (χ0v) is 15.9. The van der Waals surface area contributed by atoms with Gasteiger partial charge < -0.3 is 0 Å². The molecule has 1 aliphatic carbocycles. The first-order valence-electron chi connectivity index (χ1n) is 8.98. The standard InChI is InChI=1S/C23H28FN/c1-22(2)15-19(16-23(3,4)25(22)5)20-13-12-18(14-21(20)24)17-10-8-6-7-9-11-17/h6-15,17H,16H2,1-5H3. The van der Waals surface area contributed by atoms with Crippen molar-refractivity contribution >= 4 is 5.57 Å². The molecular weight excluding hydrogens is 309 g/mol. The average Bonchev–Trinajstić information content (AvgIpc) is 2.81. The number of rotatable bonds is 2. The van der Waals surface area contributed by atoms with Crippen molar-refractivity contribution in [2.75, 3.05) is 7.05 Å². The molecule has 0 unspecified atom stereocenters. The SMILES string of the molecule is CN1C(C)(C)C=C(c2ccc(C3C=CC=CC=C3)cc2F)CC1(C)C. The smallest absolute Gasteiger partial charge is 0.130 e. The quantitative estimate of drug-likeness (QED) is 0.652. The Morgan fingerprint density at radius 2 is 1.64 bits per heavy atom. The number of hydrogen-bond acceptors (Lipinski definition) is 1. The summed E-state index contributed by atoms with van der Waals surface area (Å²) in [5.74, 6) is -0.00295. The molecule has 0 radical (unpaired) electrons. The van der Waals surface area contributed by atoms with Crippen LogP contribution in [0.5, 0.6) is 0 Å². The van der Waals surface area contributed by atoms with Gasteiger partial charge in [-0.15, -0.1) is 0 Å². The van der Waals surface area contributed by atoms with Crippen LogP contribution in [0.15, 0.2) is 60.7 Å². The fourth-order valence-electron chi connectivity index (χ4n) is 3.89. The molecule has 2 aliphatic rings. The van der Waals surface area contributed by atoms with Gasteiger partial charge in [-0.1, -0.05) is 54.7 Å². The van der Waals surface area contributed by atoms with Crippen LogP contribution in [0, 0.1) is 5.82 Å². The van der Waals surface area contributed by atoms with E-state index in [0.717, 1.165) is 23.1 Å². The lowest BCUT2D eigenvalue weighted by Gasteiger charge is -2.49. The van der Waals surface area contributed by atoms with Crippen molar-refractivity contribution in [3.8, 4) is 0 Å². The summed E-state index contributed by atoms with van der Waals surface area (Å²) in [6.45, 7) is 8.83. The fourth-order valence-corrected chi connectivity index (χ4v) is 3.89. The van der Waals surface area contributed by atoms with Gasteiger partial charge in [0.25, 0.3) is 0 Å².